The van der Waals surface area contributed by atoms with Gasteiger partial charge in [-0.1, -0.05) is 0 Å². The molecule has 0 fully saturated rings. The first-order valence-corrected chi connectivity index (χ1v) is 5.29. The average molecular weight is 240 g/mol. The minimum atomic E-state index is -0.502. The van der Waals surface area contributed by atoms with Crippen molar-refractivity contribution in [3.63, 3.8) is 0 Å². The van der Waals surface area contributed by atoms with Gasteiger partial charge >= 0.3 is 5.97 Å². The summed E-state index contributed by atoms with van der Waals surface area (Å²) in [6.45, 7) is 2.24. The second kappa shape index (κ2) is 6.64. The zero-order valence-electron chi connectivity index (χ0n) is 9.86. The Kier molecular flexibility index (Phi) is 5.15. The molecule has 0 unspecified atom stereocenters. The first-order valence-electron chi connectivity index (χ1n) is 5.29. The summed E-state index contributed by atoms with van der Waals surface area (Å²) in [4.78, 5) is 19.7. The van der Waals surface area contributed by atoms with Gasteiger partial charge in [0.05, 0.1) is 13.2 Å². The number of hydrogen-bond donors (Lipinski definition) is 3. The molecule has 7 heteroatoms. The summed E-state index contributed by atoms with van der Waals surface area (Å²) in [5.74, 6) is 0.230. The fourth-order valence-corrected chi connectivity index (χ4v) is 1.28. The van der Waals surface area contributed by atoms with Crippen LogP contribution in [0.3, 0.4) is 0 Å². The first kappa shape index (κ1) is 13.2. The van der Waals surface area contributed by atoms with Gasteiger partial charge in [0.25, 0.3) is 0 Å². The number of aliphatic hydroxyl groups excluding tert-OH is 1. The Hall–Kier alpha value is -1.89. The van der Waals surface area contributed by atoms with Crippen LogP contribution in [0.25, 0.3) is 0 Å². The van der Waals surface area contributed by atoms with Crippen LogP contribution in [0.2, 0.25) is 0 Å². The third-order valence-electron chi connectivity index (χ3n) is 1.97. The van der Waals surface area contributed by atoms with Crippen molar-refractivity contribution in [2.24, 2.45) is 0 Å². The molecule has 0 bridgehead atoms. The molecular formula is C10H16N4O3. The van der Waals surface area contributed by atoms with Crippen molar-refractivity contribution in [2.45, 2.75) is 6.92 Å². The van der Waals surface area contributed by atoms with Gasteiger partial charge in [-0.25, -0.2) is 14.8 Å². The maximum absolute atomic E-state index is 11.8. The quantitative estimate of drug-likeness (QED) is 0.607. The lowest BCUT2D eigenvalue weighted by molar-refractivity contribution is 0.0527. The van der Waals surface area contributed by atoms with Crippen molar-refractivity contribution in [1.82, 2.24) is 9.97 Å². The molecule has 17 heavy (non-hydrogen) atoms. The van der Waals surface area contributed by atoms with E-state index in [1.54, 1.807) is 14.0 Å². The Bertz CT molecular complexity index is 384. The summed E-state index contributed by atoms with van der Waals surface area (Å²) in [7, 11) is 1.65. The first-order chi connectivity index (χ1) is 8.24. The highest BCUT2D eigenvalue weighted by Crippen LogP contribution is 2.20. The van der Waals surface area contributed by atoms with Gasteiger partial charge < -0.3 is 20.5 Å². The summed E-state index contributed by atoms with van der Waals surface area (Å²) in [5.41, 5.74) is 0.241. The molecule has 0 spiro atoms. The van der Waals surface area contributed by atoms with E-state index in [2.05, 4.69) is 20.6 Å². The summed E-state index contributed by atoms with van der Waals surface area (Å²) < 4.78 is 4.93. The van der Waals surface area contributed by atoms with E-state index >= 15 is 0 Å². The molecule has 94 valence electrons. The lowest BCUT2D eigenvalue weighted by Gasteiger charge is -2.12. The molecule has 3 N–H and O–H groups in total. The lowest BCUT2D eigenvalue weighted by atomic mass is 10.2. The van der Waals surface area contributed by atoms with E-state index in [1.807, 2.05) is 0 Å². The third kappa shape index (κ3) is 3.28. The Balaban J connectivity index is 3.06. The molecule has 7 nitrogen and oxygen atoms in total. The normalized spacial score (nSPS) is 9.82. The summed E-state index contributed by atoms with van der Waals surface area (Å²) in [6.07, 6.45) is 1.33. The third-order valence-corrected chi connectivity index (χ3v) is 1.97. The van der Waals surface area contributed by atoms with Crippen molar-refractivity contribution in [3.05, 3.63) is 11.9 Å². The van der Waals surface area contributed by atoms with Gasteiger partial charge in [0.2, 0.25) is 0 Å². The predicted octanol–water partition coefficient (Wildman–Crippen LogP) is 0.0992. The second-order valence-corrected chi connectivity index (χ2v) is 3.07. The largest absolute Gasteiger partial charge is 0.462 e. The number of carbonyl (C=O) groups excluding carboxylic acids is 1. The van der Waals surface area contributed by atoms with E-state index in [4.69, 9.17) is 9.84 Å². The number of hydrogen-bond acceptors (Lipinski definition) is 7. The van der Waals surface area contributed by atoms with E-state index in [1.165, 1.54) is 6.33 Å². The van der Waals surface area contributed by atoms with Gasteiger partial charge in [-0.3, -0.25) is 0 Å². The van der Waals surface area contributed by atoms with Crippen LogP contribution in [0.1, 0.15) is 17.3 Å². The molecule has 0 aliphatic rings. The van der Waals surface area contributed by atoms with Gasteiger partial charge in [-0.2, -0.15) is 0 Å². The summed E-state index contributed by atoms with van der Waals surface area (Å²) >= 11 is 0. The lowest BCUT2D eigenvalue weighted by Crippen LogP contribution is -2.16. The molecule has 0 aliphatic heterocycles. The van der Waals surface area contributed by atoms with Crippen molar-refractivity contribution < 1.29 is 14.6 Å². The molecule has 0 aromatic carbocycles. The van der Waals surface area contributed by atoms with Gasteiger partial charge in [0, 0.05) is 13.6 Å². The molecule has 1 aromatic rings. The van der Waals surface area contributed by atoms with E-state index in [-0.39, 0.29) is 18.8 Å². The maximum atomic E-state index is 11.8. The number of carbonyl (C=O) groups is 1. The number of aliphatic hydroxyl groups is 1. The number of rotatable bonds is 6. The van der Waals surface area contributed by atoms with Gasteiger partial charge in [0.1, 0.15) is 23.5 Å². The monoisotopic (exact) mass is 240 g/mol. The van der Waals surface area contributed by atoms with Gasteiger partial charge in [0.15, 0.2) is 0 Å². The molecular weight excluding hydrogens is 224 g/mol. The standard InChI is InChI=1S/C10H16N4O3/c1-3-17-10(16)7-8(11-2)13-6-14-9(7)12-4-5-15/h6,15H,3-5H2,1-2H3,(H2,11,12,13,14). The van der Waals surface area contributed by atoms with E-state index in [0.717, 1.165) is 0 Å². The van der Waals surface area contributed by atoms with Crippen LogP contribution in [0.15, 0.2) is 6.33 Å². The predicted molar refractivity (Wildman–Crippen MR) is 63.1 cm³/mol. The molecule has 1 aromatic heterocycles. The van der Waals surface area contributed by atoms with E-state index < -0.39 is 5.97 Å². The maximum Gasteiger partial charge on any atom is 0.345 e. The Morgan fingerprint density at radius 3 is 2.76 bits per heavy atom. The molecule has 1 rings (SSSR count). The molecule has 0 aliphatic carbocycles. The van der Waals surface area contributed by atoms with Crippen LogP contribution in [-0.4, -0.2) is 47.8 Å². The fourth-order valence-electron chi connectivity index (χ4n) is 1.28. The summed E-state index contributed by atoms with van der Waals surface area (Å²) in [5, 5.41) is 14.4. The Labute approximate surface area is 99.2 Å². The van der Waals surface area contributed by atoms with Crippen molar-refractivity contribution in [3.8, 4) is 0 Å². The topological polar surface area (TPSA) is 96.4 Å². The van der Waals surface area contributed by atoms with Crippen LogP contribution < -0.4 is 10.6 Å². The van der Waals surface area contributed by atoms with Crippen molar-refractivity contribution in [2.75, 3.05) is 37.4 Å². The summed E-state index contributed by atoms with van der Waals surface area (Å²) in [6, 6.07) is 0. The van der Waals surface area contributed by atoms with Crippen molar-refractivity contribution >= 4 is 17.6 Å². The average Bonchev–Trinajstić information content (AvgIpc) is 2.35. The highest BCUT2D eigenvalue weighted by Gasteiger charge is 2.19. The number of nitrogens with one attached hydrogen (secondary N) is 2. The number of anilines is 2. The number of ether oxygens (including phenoxy) is 1. The van der Waals surface area contributed by atoms with Gasteiger partial charge in [-0.15, -0.1) is 0 Å². The van der Waals surface area contributed by atoms with Crippen LogP contribution in [0.4, 0.5) is 11.6 Å². The highest BCUT2D eigenvalue weighted by atomic mass is 16.5. The van der Waals surface area contributed by atoms with Crippen LogP contribution in [0, 0.1) is 0 Å². The van der Waals surface area contributed by atoms with Crippen molar-refractivity contribution in [1.29, 1.82) is 0 Å². The van der Waals surface area contributed by atoms with E-state index in [9.17, 15) is 4.79 Å². The minimum absolute atomic E-state index is 0.0544. The Morgan fingerprint density at radius 1 is 1.47 bits per heavy atom. The number of nitrogens with zero attached hydrogens (tertiary/aromatic N) is 2. The molecule has 0 radical (unpaired) electrons. The SMILES string of the molecule is CCOC(=O)c1c(NC)ncnc1NCCO. The zero-order valence-corrected chi connectivity index (χ0v) is 9.86. The second-order valence-electron chi connectivity index (χ2n) is 3.07. The Morgan fingerprint density at radius 2 is 2.18 bits per heavy atom. The van der Waals surface area contributed by atoms with Crippen LogP contribution in [-0.2, 0) is 4.74 Å². The zero-order chi connectivity index (χ0) is 12.7. The molecule has 1 heterocycles. The molecule has 0 saturated heterocycles. The fraction of sp³-hybridized carbons (Fsp3) is 0.500. The molecule has 0 amide bonds. The van der Waals surface area contributed by atoms with E-state index in [0.29, 0.717) is 18.2 Å². The smallest absolute Gasteiger partial charge is 0.345 e. The highest BCUT2D eigenvalue weighted by molar-refractivity contribution is 5.99. The van der Waals surface area contributed by atoms with Gasteiger partial charge in [-0.05, 0) is 6.92 Å². The number of esters is 1. The van der Waals surface area contributed by atoms with Crippen LogP contribution >= 0.6 is 0 Å². The minimum Gasteiger partial charge on any atom is -0.462 e. The number of aromatic nitrogens is 2. The van der Waals surface area contributed by atoms with Crippen LogP contribution in [0.5, 0.6) is 0 Å². The molecule has 0 atom stereocenters. The molecule has 0 saturated carbocycles.